The Labute approximate surface area is 163 Å². The molecule has 1 aromatic carbocycles. The highest BCUT2D eigenvalue weighted by Gasteiger charge is 2.33. The maximum absolute atomic E-state index is 12.5. The summed E-state index contributed by atoms with van der Waals surface area (Å²) in [5.74, 6) is -0.780. The van der Waals surface area contributed by atoms with E-state index in [1.165, 1.54) is 7.11 Å². The van der Waals surface area contributed by atoms with Crippen molar-refractivity contribution in [3.8, 4) is 0 Å². The van der Waals surface area contributed by atoms with Gasteiger partial charge in [0.2, 0.25) is 11.8 Å². The second kappa shape index (κ2) is 8.86. The first-order valence-electron chi connectivity index (χ1n) is 9.56. The number of amides is 3. The topological polar surface area (TPSA) is 96.0 Å². The number of nitrogens with zero attached hydrogens (tertiary/aromatic N) is 2. The number of nitrogens with one attached hydrogen (secondary N) is 1. The molecule has 0 unspecified atom stereocenters. The number of anilines is 1. The van der Waals surface area contributed by atoms with Gasteiger partial charge in [-0.1, -0.05) is 0 Å². The summed E-state index contributed by atoms with van der Waals surface area (Å²) in [5.41, 5.74) is 1.22. The predicted octanol–water partition coefficient (Wildman–Crippen LogP) is 1.10. The number of hydrogen-bond acceptors (Lipinski definition) is 5. The monoisotopic (exact) mass is 387 g/mol. The van der Waals surface area contributed by atoms with Crippen molar-refractivity contribution in [1.29, 1.82) is 0 Å². The van der Waals surface area contributed by atoms with E-state index < -0.39 is 6.04 Å². The molecule has 8 nitrogen and oxygen atoms in total. The molecule has 0 aromatic heterocycles. The van der Waals surface area contributed by atoms with Crippen molar-refractivity contribution < 1.29 is 23.9 Å². The minimum Gasteiger partial charge on any atom is -0.469 e. The van der Waals surface area contributed by atoms with Crippen molar-refractivity contribution in [2.75, 3.05) is 31.6 Å². The lowest BCUT2D eigenvalue weighted by molar-refractivity contribution is -0.141. The lowest BCUT2D eigenvalue weighted by atomic mass is 10.1. The Hall–Kier alpha value is -2.90. The summed E-state index contributed by atoms with van der Waals surface area (Å²) >= 11 is 0. The lowest BCUT2D eigenvalue weighted by Gasteiger charge is -2.26. The second-order valence-corrected chi connectivity index (χ2v) is 7.02. The van der Waals surface area contributed by atoms with Gasteiger partial charge in [0.25, 0.3) is 5.91 Å². The first-order valence-corrected chi connectivity index (χ1v) is 9.56. The zero-order valence-electron chi connectivity index (χ0n) is 16.0. The van der Waals surface area contributed by atoms with Crippen LogP contribution in [-0.4, -0.2) is 61.4 Å². The molecule has 0 radical (unpaired) electrons. The van der Waals surface area contributed by atoms with Gasteiger partial charge in [0, 0.05) is 37.3 Å². The largest absolute Gasteiger partial charge is 0.469 e. The third-order valence-corrected chi connectivity index (χ3v) is 5.18. The molecule has 2 aliphatic heterocycles. The summed E-state index contributed by atoms with van der Waals surface area (Å²) in [6.45, 7) is 1.48. The van der Waals surface area contributed by atoms with E-state index in [4.69, 9.17) is 0 Å². The fourth-order valence-electron chi connectivity index (χ4n) is 3.54. The normalized spacial score (nSPS) is 19.7. The van der Waals surface area contributed by atoms with E-state index in [0.717, 1.165) is 18.5 Å². The zero-order chi connectivity index (χ0) is 20.1. The van der Waals surface area contributed by atoms with Crippen LogP contribution in [0.4, 0.5) is 5.69 Å². The van der Waals surface area contributed by atoms with Gasteiger partial charge in [0.15, 0.2) is 0 Å². The third kappa shape index (κ3) is 4.49. The number of ether oxygens (including phenoxy) is 1. The standard InChI is InChI=1S/C20H25N3O5/c1-28-18(25)10-13-22-12-9-16(20(22)27)21-19(26)14-5-7-15(8-6-14)23-11-3-2-4-17(23)24/h5-8,16H,2-4,9-13H2,1H3,(H,21,26)/t16-/m0/s1. The predicted molar refractivity (Wildman–Crippen MR) is 102 cm³/mol. The number of likely N-dealkylation sites (tertiary alicyclic amines) is 1. The summed E-state index contributed by atoms with van der Waals surface area (Å²) < 4.78 is 4.58. The number of hydrogen-bond donors (Lipinski definition) is 1. The summed E-state index contributed by atoms with van der Waals surface area (Å²) in [6, 6.07) is 6.27. The van der Waals surface area contributed by atoms with Gasteiger partial charge in [0.05, 0.1) is 13.5 Å². The fraction of sp³-hybridized carbons (Fsp3) is 0.500. The molecule has 3 rings (SSSR count). The zero-order valence-corrected chi connectivity index (χ0v) is 16.0. The molecule has 1 aromatic rings. The third-order valence-electron chi connectivity index (χ3n) is 5.18. The maximum Gasteiger partial charge on any atom is 0.307 e. The Morgan fingerprint density at radius 3 is 2.57 bits per heavy atom. The van der Waals surface area contributed by atoms with Crippen LogP contribution < -0.4 is 10.2 Å². The average molecular weight is 387 g/mol. The van der Waals surface area contributed by atoms with Gasteiger partial charge in [-0.2, -0.15) is 0 Å². The van der Waals surface area contributed by atoms with E-state index in [-0.39, 0.29) is 36.7 Å². The molecule has 28 heavy (non-hydrogen) atoms. The molecule has 0 aliphatic carbocycles. The Morgan fingerprint density at radius 1 is 1.14 bits per heavy atom. The van der Waals surface area contributed by atoms with E-state index in [1.807, 2.05) is 0 Å². The Kier molecular flexibility index (Phi) is 6.28. The number of carbonyl (C=O) groups is 4. The van der Waals surface area contributed by atoms with E-state index in [9.17, 15) is 19.2 Å². The number of benzene rings is 1. The molecular formula is C20H25N3O5. The molecule has 1 N–H and O–H groups in total. The molecular weight excluding hydrogens is 362 g/mol. The number of carbonyl (C=O) groups excluding carboxylic acids is 4. The second-order valence-electron chi connectivity index (χ2n) is 7.02. The van der Waals surface area contributed by atoms with Gasteiger partial charge in [-0.25, -0.2) is 0 Å². The van der Waals surface area contributed by atoms with E-state index >= 15 is 0 Å². The summed E-state index contributed by atoms with van der Waals surface area (Å²) in [5, 5.41) is 2.76. The van der Waals surface area contributed by atoms with Crippen LogP contribution in [0.1, 0.15) is 42.5 Å². The molecule has 0 saturated carbocycles. The van der Waals surface area contributed by atoms with Crippen LogP contribution in [0.2, 0.25) is 0 Å². The van der Waals surface area contributed by atoms with Crippen molar-refractivity contribution in [3.63, 3.8) is 0 Å². The van der Waals surface area contributed by atoms with Crippen LogP contribution in [0.25, 0.3) is 0 Å². The van der Waals surface area contributed by atoms with E-state index in [0.29, 0.717) is 31.5 Å². The van der Waals surface area contributed by atoms with Crippen molar-refractivity contribution in [1.82, 2.24) is 10.2 Å². The Morgan fingerprint density at radius 2 is 1.89 bits per heavy atom. The quantitative estimate of drug-likeness (QED) is 0.738. The number of piperidine rings is 1. The van der Waals surface area contributed by atoms with Gasteiger partial charge in [0.1, 0.15) is 6.04 Å². The fourth-order valence-corrected chi connectivity index (χ4v) is 3.54. The highest BCUT2D eigenvalue weighted by Crippen LogP contribution is 2.21. The summed E-state index contributed by atoms with van der Waals surface area (Å²) in [6.07, 6.45) is 3.09. The lowest BCUT2D eigenvalue weighted by Crippen LogP contribution is -2.42. The SMILES string of the molecule is COC(=O)CCN1CC[C@H](NC(=O)c2ccc(N3CCCCC3=O)cc2)C1=O. The Bertz CT molecular complexity index is 762. The van der Waals surface area contributed by atoms with Gasteiger partial charge >= 0.3 is 5.97 Å². The van der Waals surface area contributed by atoms with Gasteiger partial charge in [-0.05, 0) is 43.5 Å². The summed E-state index contributed by atoms with van der Waals surface area (Å²) in [7, 11) is 1.31. The first-order chi connectivity index (χ1) is 13.5. The molecule has 2 aliphatic rings. The van der Waals surface area contributed by atoms with Crippen molar-refractivity contribution in [2.24, 2.45) is 0 Å². The van der Waals surface area contributed by atoms with Crippen molar-refractivity contribution >= 4 is 29.4 Å². The minimum absolute atomic E-state index is 0.104. The molecule has 150 valence electrons. The molecule has 0 bridgehead atoms. The van der Waals surface area contributed by atoms with Crippen LogP contribution in [0.15, 0.2) is 24.3 Å². The van der Waals surface area contributed by atoms with Crippen molar-refractivity contribution in [2.45, 2.75) is 38.1 Å². The first kappa shape index (κ1) is 19.9. The molecule has 2 heterocycles. The summed E-state index contributed by atoms with van der Waals surface area (Å²) in [4.78, 5) is 51.4. The number of esters is 1. The Balaban J connectivity index is 1.55. The maximum atomic E-state index is 12.5. The van der Waals surface area contributed by atoms with Gasteiger partial charge < -0.3 is 19.9 Å². The average Bonchev–Trinajstić information content (AvgIpc) is 3.06. The van der Waals surface area contributed by atoms with E-state index in [1.54, 1.807) is 34.1 Å². The molecule has 3 amide bonds. The van der Waals surface area contributed by atoms with Crippen LogP contribution in [0.3, 0.4) is 0 Å². The van der Waals surface area contributed by atoms with Gasteiger partial charge in [-0.3, -0.25) is 19.2 Å². The molecule has 2 fully saturated rings. The highest BCUT2D eigenvalue weighted by molar-refractivity contribution is 5.99. The number of methoxy groups -OCH3 is 1. The van der Waals surface area contributed by atoms with Crippen LogP contribution in [-0.2, 0) is 19.1 Å². The molecule has 2 saturated heterocycles. The smallest absolute Gasteiger partial charge is 0.307 e. The van der Waals surface area contributed by atoms with Crippen LogP contribution in [0.5, 0.6) is 0 Å². The highest BCUT2D eigenvalue weighted by atomic mass is 16.5. The number of rotatable bonds is 6. The molecule has 8 heteroatoms. The van der Waals surface area contributed by atoms with Crippen LogP contribution >= 0.6 is 0 Å². The molecule has 1 atom stereocenters. The van der Waals surface area contributed by atoms with Crippen molar-refractivity contribution in [3.05, 3.63) is 29.8 Å². The minimum atomic E-state index is -0.589. The van der Waals surface area contributed by atoms with Crippen LogP contribution in [0, 0.1) is 0 Å². The van der Waals surface area contributed by atoms with E-state index in [2.05, 4.69) is 10.1 Å². The van der Waals surface area contributed by atoms with Gasteiger partial charge in [-0.15, -0.1) is 0 Å². The molecule has 0 spiro atoms.